The fraction of sp³-hybridized carbons (Fsp3) is 0.933. The lowest BCUT2D eigenvalue weighted by Crippen LogP contribution is -2.30. The molecule has 138 valence electrons. The maximum absolute atomic E-state index is 11.2. The summed E-state index contributed by atoms with van der Waals surface area (Å²) >= 11 is 1.17. The van der Waals surface area contributed by atoms with Gasteiger partial charge in [0, 0.05) is 19.4 Å². The van der Waals surface area contributed by atoms with E-state index in [-0.39, 0.29) is 12.5 Å². The fourth-order valence-corrected chi connectivity index (χ4v) is 1.63. The molecule has 0 radical (unpaired) electrons. The van der Waals surface area contributed by atoms with E-state index >= 15 is 0 Å². The molecule has 0 heterocycles. The zero-order chi connectivity index (χ0) is 17.2. The van der Waals surface area contributed by atoms with E-state index in [2.05, 4.69) is 19.2 Å². The molecular weight excluding hydrogens is 322 g/mol. The molecule has 0 aromatic carbocycles. The highest BCUT2D eigenvalue weighted by atomic mass is 32.2. The van der Waals surface area contributed by atoms with Gasteiger partial charge in [0.05, 0.1) is 46.2 Å². The van der Waals surface area contributed by atoms with Crippen LogP contribution in [0.5, 0.6) is 0 Å². The second-order valence-electron chi connectivity index (χ2n) is 5.08. The Kier molecular flexibility index (Phi) is 17.7. The molecule has 1 N–H and O–H groups in total. The van der Waals surface area contributed by atoms with E-state index in [9.17, 15) is 4.79 Å². The lowest BCUT2D eigenvalue weighted by atomic mass is 10.2. The van der Waals surface area contributed by atoms with Gasteiger partial charge < -0.3 is 28.4 Å². The van der Waals surface area contributed by atoms with Gasteiger partial charge in [0.1, 0.15) is 6.61 Å². The Morgan fingerprint density at radius 3 is 1.96 bits per heavy atom. The first-order chi connectivity index (χ1) is 11.2. The number of nitrogens with one attached hydrogen (secondary N) is 1. The molecule has 0 aromatic rings. The summed E-state index contributed by atoms with van der Waals surface area (Å²) in [6.07, 6.45) is 1.77. The van der Waals surface area contributed by atoms with Crippen LogP contribution in [-0.2, 0) is 27.9 Å². The van der Waals surface area contributed by atoms with E-state index in [0.29, 0.717) is 58.7 Å². The van der Waals surface area contributed by atoms with E-state index in [1.807, 2.05) is 0 Å². The summed E-state index contributed by atoms with van der Waals surface area (Å²) in [5.74, 6) is 0.407. The predicted molar refractivity (Wildman–Crippen MR) is 90.6 cm³/mol. The molecule has 0 saturated heterocycles. The number of rotatable bonds is 17. The van der Waals surface area contributed by atoms with Crippen molar-refractivity contribution in [2.75, 3.05) is 72.3 Å². The van der Waals surface area contributed by atoms with E-state index in [1.165, 1.54) is 12.0 Å². The molecule has 8 heteroatoms. The van der Waals surface area contributed by atoms with Crippen LogP contribution in [0.25, 0.3) is 0 Å². The molecule has 0 unspecified atom stereocenters. The standard InChI is InChI=1S/C15H31NO6S/c1-14(2)12-21-11-10-20-9-8-19-7-6-18-5-4-16-15(17)13-22-23-3/h14H,4-13H2,1-3H3,(H,16,17). The Morgan fingerprint density at radius 2 is 1.43 bits per heavy atom. The average molecular weight is 353 g/mol. The summed E-state index contributed by atoms with van der Waals surface area (Å²) in [4.78, 5) is 11.2. The zero-order valence-electron chi connectivity index (χ0n) is 14.5. The molecule has 0 aromatic heterocycles. The number of amides is 1. The SMILES string of the molecule is CSOCC(=O)NCCOCCOCCOCCOCC(C)C. The summed E-state index contributed by atoms with van der Waals surface area (Å²) in [5.41, 5.74) is 0. The molecular formula is C15H31NO6S. The van der Waals surface area contributed by atoms with Crippen LogP contribution in [0, 0.1) is 5.92 Å². The van der Waals surface area contributed by atoms with Crippen LogP contribution >= 0.6 is 12.0 Å². The van der Waals surface area contributed by atoms with E-state index < -0.39 is 0 Å². The second kappa shape index (κ2) is 18.0. The van der Waals surface area contributed by atoms with Gasteiger partial charge in [-0.25, -0.2) is 0 Å². The molecule has 0 aliphatic heterocycles. The average Bonchev–Trinajstić information content (AvgIpc) is 2.52. The summed E-state index contributed by atoms with van der Waals surface area (Å²) in [7, 11) is 0. The maximum Gasteiger partial charge on any atom is 0.247 e. The Balaban J connectivity index is 3.06. The Hall–Kier alpha value is -0.380. The molecule has 7 nitrogen and oxygen atoms in total. The summed E-state index contributed by atoms with van der Waals surface area (Å²) < 4.78 is 26.3. The second-order valence-corrected chi connectivity index (χ2v) is 5.65. The van der Waals surface area contributed by atoms with Crippen LogP contribution in [0.4, 0.5) is 0 Å². The number of ether oxygens (including phenoxy) is 4. The minimum absolute atomic E-state index is 0.0623. The topological polar surface area (TPSA) is 75.3 Å². The van der Waals surface area contributed by atoms with Crippen LogP contribution in [0.2, 0.25) is 0 Å². The molecule has 0 saturated carbocycles. The Bertz CT molecular complexity index is 268. The molecule has 0 atom stereocenters. The van der Waals surface area contributed by atoms with Crippen molar-refractivity contribution >= 4 is 17.9 Å². The van der Waals surface area contributed by atoms with Gasteiger partial charge in [0.25, 0.3) is 0 Å². The molecule has 0 fully saturated rings. The van der Waals surface area contributed by atoms with Crippen molar-refractivity contribution in [3.63, 3.8) is 0 Å². The third-order valence-electron chi connectivity index (χ3n) is 2.44. The first-order valence-corrected chi connectivity index (χ1v) is 9.05. The van der Waals surface area contributed by atoms with Crippen molar-refractivity contribution in [1.82, 2.24) is 5.32 Å². The quantitative estimate of drug-likeness (QED) is 0.310. The molecule has 0 spiro atoms. The van der Waals surface area contributed by atoms with Crippen LogP contribution in [0.1, 0.15) is 13.8 Å². The van der Waals surface area contributed by atoms with Crippen molar-refractivity contribution in [2.45, 2.75) is 13.8 Å². The highest BCUT2D eigenvalue weighted by Gasteiger charge is 1.99. The van der Waals surface area contributed by atoms with Gasteiger partial charge in [-0.2, -0.15) is 0 Å². The molecule has 1 amide bonds. The lowest BCUT2D eigenvalue weighted by molar-refractivity contribution is -0.123. The molecule has 0 rings (SSSR count). The Morgan fingerprint density at radius 1 is 0.913 bits per heavy atom. The number of carbonyl (C=O) groups is 1. The first kappa shape index (κ1) is 22.6. The minimum Gasteiger partial charge on any atom is -0.379 e. The number of hydrogen-bond acceptors (Lipinski definition) is 7. The molecule has 0 aliphatic rings. The number of carbonyl (C=O) groups excluding carboxylic acids is 1. The normalized spacial score (nSPS) is 11.1. The Labute approximate surface area is 143 Å². The van der Waals surface area contributed by atoms with Crippen molar-refractivity contribution in [3.05, 3.63) is 0 Å². The van der Waals surface area contributed by atoms with Crippen LogP contribution in [0.15, 0.2) is 0 Å². The van der Waals surface area contributed by atoms with Crippen LogP contribution < -0.4 is 5.32 Å². The highest BCUT2D eigenvalue weighted by Crippen LogP contribution is 1.92. The van der Waals surface area contributed by atoms with Crippen molar-refractivity contribution in [1.29, 1.82) is 0 Å². The van der Waals surface area contributed by atoms with Crippen LogP contribution in [0.3, 0.4) is 0 Å². The third kappa shape index (κ3) is 19.6. The summed E-state index contributed by atoms with van der Waals surface area (Å²) in [6.45, 7) is 9.29. The molecule has 0 bridgehead atoms. The van der Waals surface area contributed by atoms with Gasteiger partial charge in [0.2, 0.25) is 5.91 Å². The summed E-state index contributed by atoms with van der Waals surface area (Å²) in [5, 5.41) is 2.68. The third-order valence-corrected chi connectivity index (χ3v) is 2.80. The lowest BCUT2D eigenvalue weighted by Gasteiger charge is -2.08. The van der Waals surface area contributed by atoms with Crippen molar-refractivity contribution in [2.24, 2.45) is 5.92 Å². The van der Waals surface area contributed by atoms with Gasteiger partial charge in [-0.1, -0.05) is 13.8 Å². The van der Waals surface area contributed by atoms with Gasteiger partial charge in [-0.3, -0.25) is 4.79 Å². The van der Waals surface area contributed by atoms with E-state index in [1.54, 1.807) is 6.26 Å². The van der Waals surface area contributed by atoms with Gasteiger partial charge in [-0.15, -0.1) is 0 Å². The van der Waals surface area contributed by atoms with Crippen LogP contribution in [-0.4, -0.2) is 78.2 Å². The highest BCUT2D eigenvalue weighted by molar-refractivity contribution is 7.93. The minimum atomic E-state index is -0.145. The maximum atomic E-state index is 11.2. The first-order valence-electron chi connectivity index (χ1n) is 7.90. The van der Waals surface area contributed by atoms with E-state index in [4.69, 9.17) is 23.1 Å². The van der Waals surface area contributed by atoms with E-state index in [0.717, 1.165) is 6.61 Å². The molecule has 23 heavy (non-hydrogen) atoms. The smallest absolute Gasteiger partial charge is 0.247 e. The summed E-state index contributed by atoms with van der Waals surface area (Å²) in [6, 6.07) is 0. The fourth-order valence-electron chi connectivity index (χ4n) is 1.40. The number of hydrogen-bond donors (Lipinski definition) is 1. The van der Waals surface area contributed by atoms with Gasteiger partial charge >= 0.3 is 0 Å². The van der Waals surface area contributed by atoms with Gasteiger partial charge in [0.15, 0.2) is 0 Å². The molecule has 0 aliphatic carbocycles. The van der Waals surface area contributed by atoms with Crippen molar-refractivity contribution in [3.8, 4) is 0 Å². The van der Waals surface area contributed by atoms with Crippen molar-refractivity contribution < 1.29 is 27.9 Å². The zero-order valence-corrected chi connectivity index (χ0v) is 15.3. The van der Waals surface area contributed by atoms with Gasteiger partial charge in [-0.05, 0) is 18.0 Å². The largest absolute Gasteiger partial charge is 0.379 e. The monoisotopic (exact) mass is 353 g/mol. The predicted octanol–water partition coefficient (Wildman–Crippen LogP) is 1.12.